The number of hydrogen-bond donors (Lipinski definition) is 26. The van der Waals surface area contributed by atoms with E-state index in [1.807, 2.05) is 0 Å². The second kappa shape index (κ2) is 37.5. The fourth-order valence-electron chi connectivity index (χ4n) is 13.4. The molecule has 46 heteroatoms. The normalized spacial score (nSPS) is 47.2. The van der Waals surface area contributed by atoms with Crippen LogP contribution in [0.2, 0.25) is 0 Å². The average molecular weight is 1520 g/mol. The maximum Gasteiger partial charge on any atom is 0.217 e. The molecule has 1 unspecified atom stereocenters. The predicted molar refractivity (Wildman–Crippen MR) is 322 cm³/mol. The van der Waals surface area contributed by atoms with E-state index in [2.05, 4.69) is 26.6 Å². The van der Waals surface area contributed by atoms with E-state index >= 15 is 0 Å². The standard InChI is InChI=1S/C58H97N5O41/c1-14(71)59-27-40(84)45(23(10-68)91-51(27)89)99-55-31(63-18(5)75)41(85)46(24(11-69)96-55)101-56-44(88)48(36(80)26(98-56)13-90-57-49(42(86)35(79)22(9-67)95-57)103-53-29(61-16(3)73)38(82)33(77)20(7-65)93-53)102-58-50(104-54-30(62-17(4)74)39(83)34(78)21(8-66)94-54)43(87)47(25(12-70)97-58)100-52-28(60-15(2)72)37(81)32(76)19(6-64)92-52/h19-58,64-70,76-89H,6-13H2,1-5H3,(H,59,71)(H,60,72)(H,61,73)(H,62,74)(H,63,75)/t19-,20-,21-,22-,23-,24-,25-,26-,27-,28-,29-,30-,31-,32-,33-,34-,35-,36-,37-,38-,39-,40-,41-,42+,43+,44+,45-,46-,47-,48+,49+,50+,51?,52+,53+,54+,55+,56+,57+,58-/m1/s1. The molecule has 0 radical (unpaired) electrons. The first-order valence-electron chi connectivity index (χ1n) is 33.1. The number of aliphatic hydroxyl groups is 21. The minimum absolute atomic E-state index is 0.777. The summed E-state index contributed by atoms with van der Waals surface area (Å²) in [4.78, 5) is 62.7. The van der Waals surface area contributed by atoms with Crippen molar-refractivity contribution in [1.29, 1.82) is 0 Å². The molecule has 46 nitrogen and oxygen atoms in total. The van der Waals surface area contributed by atoms with Crippen molar-refractivity contribution in [2.45, 2.75) is 280 Å². The molecule has 0 aromatic heterocycles. The van der Waals surface area contributed by atoms with Crippen LogP contribution in [-0.2, 0) is 95.0 Å². The number of nitrogens with one attached hydrogen (secondary N) is 5. The maximum absolute atomic E-state index is 13.0. The van der Waals surface area contributed by atoms with Gasteiger partial charge in [0, 0.05) is 34.6 Å². The lowest BCUT2D eigenvalue weighted by atomic mass is 9.93. The SMILES string of the molecule is CC(=O)N[C@H]1[C@H](O[C@H]2[C@H](O)[C@@H](NC(C)=O)C(O)O[C@@H]2CO)O[C@H](CO)[C@@H](O[C@@H]2O[C@H](CO[C@H]3O[C@H](CO)[C@@H](O)[C@H](O)[C@@H]3O[C@@H]3O[C@H](CO)[C@@H](O)[C@H](O)[C@H]3NC(C)=O)[C@@H](O)[C@H](O[C@H]3O[C@H](CO)[C@@H](O[C@@H]4O[C@H](CO)[C@@H](O)[C@H](O)[C@H]4NC(C)=O)[C@H](O)[C@@H]3O[C@@H]3O[C@H](CO)[C@@H](O)[C@H](O)[C@H]3NC(C)=O)[C@@H]2O)[C@@H]1O. The van der Waals surface area contributed by atoms with Crippen LogP contribution in [0.3, 0.4) is 0 Å². The quantitative estimate of drug-likeness (QED) is 0.0363. The Bertz CT molecular complexity index is 2770. The van der Waals surface area contributed by atoms with Gasteiger partial charge < -0.3 is 205 Å². The third-order valence-electron chi connectivity index (χ3n) is 18.7. The summed E-state index contributed by atoms with van der Waals surface area (Å²) in [6, 6.07) is -8.89. The maximum atomic E-state index is 13.0. The number of aliphatic hydroxyl groups excluding tert-OH is 21. The molecule has 40 atom stereocenters. The molecule has 8 saturated heterocycles. The molecular weight excluding hydrogens is 1420 g/mol. The van der Waals surface area contributed by atoms with Gasteiger partial charge in [-0.2, -0.15) is 0 Å². The highest BCUT2D eigenvalue weighted by Crippen LogP contribution is 2.39. The van der Waals surface area contributed by atoms with Gasteiger partial charge in [-0.05, 0) is 0 Å². The van der Waals surface area contributed by atoms with Crippen LogP contribution >= 0.6 is 0 Å². The minimum Gasteiger partial charge on any atom is -0.394 e. The van der Waals surface area contributed by atoms with Crippen molar-refractivity contribution < 1.29 is 202 Å². The summed E-state index contributed by atoms with van der Waals surface area (Å²) < 4.78 is 89.9. The molecule has 0 aromatic carbocycles. The van der Waals surface area contributed by atoms with E-state index in [1.54, 1.807) is 0 Å². The van der Waals surface area contributed by atoms with E-state index in [4.69, 9.17) is 71.1 Å². The topological polar surface area (TPSA) is 709 Å². The Morgan fingerprint density at radius 2 is 0.519 bits per heavy atom. The van der Waals surface area contributed by atoms with Gasteiger partial charge in [-0.25, -0.2) is 0 Å². The number of hydrogen-bond acceptors (Lipinski definition) is 41. The van der Waals surface area contributed by atoms with Crippen LogP contribution in [0.15, 0.2) is 0 Å². The Morgan fingerprint density at radius 1 is 0.250 bits per heavy atom. The molecule has 600 valence electrons. The zero-order valence-electron chi connectivity index (χ0n) is 56.3. The van der Waals surface area contributed by atoms with Gasteiger partial charge in [-0.3, -0.25) is 24.0 Å². The lowest BCUT2D eigenvalue weighted by molar-refractivity contribution is -0.403. The summed E-state index contributed by atoms with van der Waals surface area (Å²) in [5.74, 6) is -4.30. The Balaban J connectivity index is 1.20. The minimum atomic E-state index is -2.57. The fraction of sp³-hybridized carbons (Fsp3) is 0.914. The molecule has 0 spiro atoms. The third kappa shape index (κ3) is 19.2. The van der Waals surface area contributed by atoms with Crippen molar-refractivity contribution in [3.8, 4) is 0 Å². The Morgan fingerprint density at radius 3 is 0.904 bits per heavy atom. The molecule has 8 aliphatic rings. The monoisotopic (exact) mass is 1520 g/mol. The highest BCUT2D eigenvalue weighted by atomic mass is 16.8. The van der Waals surface area contributed by atoms with Gasteiger partial charge in [0.05, 0.1) is 52.9 Å². The van der Waals surface area contributed by atoms with Gasteiger partial charge in [-0.15, -0.1) is 0 Å². The van der Waals surface area contributed by atoms with E-state index < -0.39 is 328 Å². The molecule has 0 aromatic rings. The van der Waals surface area contributed by atoms with E-state index in [0.717, 1.165) is 34.6 Å². The molecule has 8 aliphatic heterocycles. The average Bonchev–Trinajstić information content (AvgIpc) is 0.777. The summed E-state index contributed by atoms with van der Waals surface area (Å²) in [5, 5.41) is 246. The molecule has 8 heterocycles. The fourth-order valence-corrected chi connectivity index (χ4v) is 13.4. The van der Waals surface area contributed by atoms with Crippen LogP contribution in [0.4, 0.5) is 0 Å². The van der Waals surface area contributed by atoms with Gasteiger partial charge in [0.15, 0.2) is 50.3 Å². The lowest BCUT2D eigenvalue weighted by Gasteiger charge is -2.51. The van der Waals surface area contributed by atoms with Gasteiger partial charge in [-0.1, -0.05) is 0 Å². The molecule has 26 N–H and O–H groups in total. The zero-order chi connectivity index (χ0) is 76.8. The van der Waals surface area contributed by atoms with E-state index in [9.17, 15) is 131 Å². The highest BCUT2D eigenvalue weighted by molar-refractivity contribution is 5.75. The van der Waals surface area contributed by atoms with Gasteiger partial charge in [0.25, 0.3) is 0 Å². The van der Waals surface area contributed by atoms with Gasteiger partial charge >= 0.3 is 0 Å². The van der Waals surface area contributed by atoms with Crippen molar-refractivity contribution in [3.05, 3.63) is 0 Å². The van der Waals surface area contributed by atoms with Crippen LogP contribution in [0.25, 0.3) is 0 Å². The smallest absolute Gasteiger partial charge is 0.217 e. The first kappa shape index (κ1) is 85.5. The number of amides is 5. The second-order valence-corrected chi connectivity index (χ2v) is 26.1. The zero-order valence-corrected chi connectivity index (χ0v) is 56.3. The number of rotatable bonds is 27. The molecule has 0 bridgehead atoms. The van der Waals surface area contributed by atoms with E-state index in [-0.39, 0.29) is 0 Å². The summed E-state index contributed by atoms with van der Waals surface area (Å²) in [6.45, 7) is -3.74. The van der Waals surface area contributed by atoms with E-state index in [0.29, 0.717) is 0 Å². The highest BCUT2D eigenvalue weighted by Gasteiger charge is 2.61. The van der Waals surface area contributed by atoms with Crippen LogP contribution in [0.5, 0.6) is 0 Å². The summed E-state index contributed by atoms with van der Waals surface area (Å²) >= 11 is 0. The van der Waals surface area contributed by atoms with Crippen LogP contribution in [0, 0.1) is 0 Å². The largest absolute Gasteiger partial charge is 0.394 e. The molecule has 5 amide bonds. The Kier molecular flexibility index (Phi) is 30.9. The van der Waals surface area contributed by atoms with Gasteiger partial charge in [0.1, 0.15) is 195 Å². The first-order valence-corrected chi connectivity index (χ1v) is 33.1. The summed E-state index contributed by atoms with van der Waals surface area (Å²) in [5.41, 5.74) is 0. The molecule has 104 heavy (non-hydrogen) atoms. The van der Waals surface area contributed by atoms with Crippen molar-refractivity contribution >= 4 is 29.5 Å². The lowest BCUT2D eigenvalue weighted by Crippen LogP contribution is -2.71. The van der Waals surface area contributed by atoms with Crippen molar-refractivity contribution in [3.63, 3.8) is 0 Å². The number of carbonyl (C=O) groups excluding carboxylic acids is 5. The van der Waals surface area contributed by atoms with Crippen molar-refractivity contribution in [2.24, 2.45) is 0 Å². The molecular formula is C58H97N5O41. The number of carbonyl (C=O) groups is 5. The predicted octanol–water partition coefficient (Wildman–Crippen LogP) is -17.7. The van der Waals surface area contributed by atoms with Crippen molar-refractivity contribution in [2.75, 3.05) is 52.9 Å². The van der Waals surface area contributed by atoms with Gasteiger partial charge in [0.2, 0.25) is 29.5 Å². The molecule has 0 saturated carbocycles. The van der Waals surface area contributed by atoms with Crippen LogP contribution in [-0.4, -0.2) is 435 Å². The Hall–Kier alpha value is -4.09. The second-order valence-electron chi connectivity index (χ2n) is 26.1. The third-order valence-corrected chi connectivity index (χ3v) is 18.7. The molecule has 8 fully saturated rings. The van der Waals surface area contributed by atoms with Crippen molar-refractivity contribution in [1.82, 2.24) is 26.6 Å². The summed E-state index contributed by atoms with van der Waals surface area (Å²) in [6.07, 6.45) is -72.3. The Labute approximate surface area is 589 Å². The molecule has 0 aliphatic carbocycles. The molecule has 8 rings (SSSR count). The van der Waals surface area contributed by atoms with Crippen LogP contribution in [0.1, 0.15) is 34.6 Å². The first-order chi connectivity index (χ1) is 49.2. The van der Waals surface area contributed by atoms with Crippen LogP contribution < -0.4 is 26.6 Å². The van der Waals surface area contributed by atoms with E-state index in [1.165, 1.54) is 0 Å². The summed E-state index contributed by atoms with van der Waals surface area (Å²) in [7, 11) is 0. The number of ether oxygens (including phenoxy) is 15.